The van der Waals surface area contributed by atoms with E-state index in [0.29, 0.717) is 0 Å². The van der Waals surface area contributed by atoms with Crippen LogP contribution in [0.4, 0.5) is 0 Å². The second-order valence-electron chi connectivity index (χ2n) is 7.35. The van der Waals surface area contributed by atoms with E-state index in [-0.39, 0.29) is 0 Å². The number of likely N-dealkylation sites (tertiary alicyclic amines) is 1. The maximum absolute atomic E-state index is 3.79. The van der Waals surface area contributed by atoms with Crippen molar-refractivity contribution >= 4 is 0 Å². The van der Waals surface area contributed by atoms with Gasteiger partial charge in [-0.05, 0) is 63.1 Å². The van der Waals surface area contributed by atoms with Crippen molar-refractivity contribution in [3.8, 4) is 0 Å². The molecule has 19 heavy (non-hydrogen) atoms. The van der Waals surface area contributed by atoms with Gasteiger partial charge in [0.05, 0.1) is 0 Å². The van der Waals surface area contributed by atoms with E-state index in [1.54, 1.807) is 0 Å². The number of hydrogen-bond donors (Lipinski definition) is 1. The molecular weight excluding hydrogens is 232 g/mol. The molecule has 1 heterocycles. The summed E-state index contributed by atoms with van der Waals surface area (Å²) in [7, 11) is 0. The van der Waals surface area contributed by atoms with Crippen LogP contribution in [0.1, 0.15) is 59.3 Å². The van der Waals surface area contributed by atoms with E-state index in [1.165, 1.54) is 64.7 Å². The van der Waals surface area contributed by atoms with Gasteiger partial charge in [0.25, 0.3) is 0 Å². The molecule has 1 saturated heterocycles. The van der Waals surface area contributed by atoms with E-state index in [1.807, 2.05) is 0 Å². The lowest BCUT2D eigenvalue weighted by molar-refractivity contribution is 0.180. The number of nitrogens with one attached hydrogen (secondary N) is 1. The van der Waals surface area contributed by atoms with Gasteiger partial charge in [0, 0.05) is 12.6 Å². The largest absolute Gasteiger partial charge is 0.315 e. The number of hydrogen-bond acceptors (Lipinski definition) is 2. The maximum atomic E-state index is 3.79. The van der Waals surface area contributed by atoms with E-state index >= 15 is 0 Å². The molecule has 1 aliphatic carbocycles. The van der Waals surface area contributed by atoms with Crippen molar-refractivity contribution in [3.05, 3.63) is 0 Å². The van der Waals surface area contributed by atoms with Crippen LogP contribution in [0.15, 0.2) is 0 Å². The number of nitrogens with zero attached hydrogens (tertiary/aromatic N) is 1. The Balaban J connectivity index is 1.69. The van der Waals surface area contributed by atoms with Crippen LogP contribution in [-0.2, 0) is 0 Å². The fourth-order valence-corrected chi connectivity index (χ4v) is 4.04. The van der Waals surface area contributed by atoms with Crippen molar-refractivity contribution in [1.82, 2.24) is 10.2 Å². The zero-order chi connectivity index (χ0) is 13.7. The summed E-state index contributed by atoms with van der Waals surface area (Å²) >= 11 is 0. The predicted octanol–water partition coefficient (Wildman–Crippen LogP) is 3.52. The highest BCUT2D eigenvalue weighted by atomic mass is 15.2. The Morgan fingerprint density at radius 3 is 2.47 bits per heavy atom. The summed E-state index contributed by atoms with van der Waals surface area (Å²) < 4.78 is 0. The van der Waals surface area contributed by atoms with Gasteiger partial charge in [-0.25, -0.2) is 0 Å². The van der Waals surface area contributed by atoms with Crippen LogP contribution in [0, 0.1) is 17.8 Å². The summed E-state index contributed by atoms with van der Waals surface area (Å²) in [4.78, 5) is 2.71. The van der Waals surface area contributed by atoms with Gasteiger partial charge in [-0.1, -0.05) is 33.6 Å². The average Bonchev–Trinajstić information content (AvgIpc) is 2.88. The molecule has 2 fully saturated rings. The highest BCUT2D eigenvalue weighted by Gasteiger charge is 2.25. The van der Waals surface area contributed by atoms with Crippen molar-refractivity contribution < 1.29 is 0 Å². The quantitative estimate of drug-likeness (QED) is 0.791. The monoisotopic (exact) mass is 266 g/mol. The first-order chi connectivity index (χ1) is 9.16. The third-order valence-corrected chi connectivity index (χ3v) is 5.21. The van der Waals surface area contributed by atoms with Crippen molar-refractivity contribution in [2.75, 3.05) is 26.2 Å². The Hall–Kier alpha value is -0.0800. The van der Waals surface area contributed by atoms with E-state index < -0.39 is 0 Å². The van der Waals surface area contributed by atoms with Crippen molar-refractivity contribution in [2.45, 2.75) is 65.3 Å². The minimum Gasteiger partial charge on any atom is -0.315 e. The molecule has 0 amide bonds. The zero-order valence-corrected chi connectivity index (χ0v) is 13.3. The van der Waals surface area contributed by atoms with E-state index in [9.17, 15) is 0 Å². The van der Waals surface area contributed by atoms with Crippen LogP contribution in [0.2, 0.25) is 0 Å². The average molecular weight is 266 g/mol. The third kappa shape index (κ3) is 4.75. The molecule has 3 atom stereocenters. The Labute approximate surface area is 120 Å². The second kappa shape index (κ2) is 7.64. The number of rotatable bonds is 6. The first-order valence-corrected chi connectivity index (χ1v) is 8.61. The van der Waals surface area contributed by atoms with E-state index in [4.69, 9.17) is 0 Å². The highest BCUT2D eigenvalue weighted by Crippen LogP contribution is 2.28. The smallest absolute Gasteiger partial charge is 0.0243 e. The normalized spacial score (nSPS) is 30.9. The molecule has 2 aliphatic rings. The Bertz CT molecular complexity index is 246. The van der Waals surface area contributed by atoms with Crippen LogP contribution < -0.4 is 5.32 Å². The van der Waals surface area contributed by atoms with Gasteiger partial charge < -0.3 is 5.32 Å². The molecule has 0 spiro atoms. The van der Waals surface area contributed by atoms with Gasteiger partial charge in [0.1, 0.15) is 0 Å². The SMILES string of the molecule is CC1CCCC(CNCC(C(C)C)N2CCCC2)C1. The predicted molar refractivity (Wildman–Crippen MR) is 83.4 cm³/mol. The van der Waals surface area contributed by atoms with E-state index in [0.717, 1.165) is 23.8 Å². The summed E-state index contributed by atoms with van der Waals surface area (Å²) in [6.07, 6.45) is 8.62. The van der Waals surface area contributed by atoms with Crippen LogP contribution in [-0.4, -0.2) is 37.1 Å². The van der Waals surface area contributed by atoms with Crippen LogP contribution in [0.5, 0.6) is 0 Å². The van der Waals surface area contributed by atoms with Gasteiger partial charge in [0.15, 0.2) is 0 Å². The molecule has 0 aromatic heterocycles. The first kappa shape index (κ1) is 15.3. The maximum Gasteiger partial charge on any atom is 0.0243 e. The molecule has 1 saturated carbocycles. The third-order valence-electron chi connectivity index (χ3n) is 5.21. The van der Waals surface area contributed by atoms with Crippen LogP contribution in [0.3, 0.4) is 0 Å². The van der Waals surface area contributed by atoms with E-state index in [2.05, 4.69) is 31.0 Å². The fourth-order valence-electron chi connectivity index (χ4n) is 4.04. The lowest BCUT2D eigenvalue weighted by atomic mass is 9.82. The fraction of sp³-hybridized carbons (Fsp3) is 1.00. The molecule has 2 heteroatoms. The van der Waals surface area contributed by atoms with Crippen LogP contribution >= 0.6 is 0 Å². The minimum absolute atomic E-state index is 0.753. The Kier molecular flexibility index (Phi) is 6.15. The highest BCUT2D eigenvalue weighted by molar-refractivity contribution is 4.81. The van der Waals surface area contributed by atoms with Crippen molar-refractivity contribution in [1.29, 1.82) is 0 Å². The van der Waals surface area contributed by atoms with Gasteiger partial charge >= 0.3 is 0 Å². The second-order valence-corrected chi connectivity index (χ2v) is 7.35. The lowest BCUT2D eigenvalue weighted by Gasteiger charge is -2.32. The van der Waals surface area contributed by atoms with Gasteiger partial charge in [0.2, 0.25) is 0 Å². The molecule has 1 aliphatic heterocycles. The lowest BCUT2D eigenvalue weighted by Crippen LogP contribution is -2.45. The Morgan fingerprint density at radius 2 is 1.84 bits per heavy atom. The topological polar surface area (TPSA) is 15.3 Å². The van der Waals surface area contributed by atoms with Crippen LogP contribution in [0.25, 0.3) is 0 Å². The molecule has 0 aromatic carbocycles. The summed E-state index contributed by atoms with van der Waals surface area (Å²) in [5.41, 5.74) is 0. The van der Waals surface area contributed by atoms with Gasteiger partial charge in [-0.3, -0.25) is 4.90 Å². The molecular formula is C17H34N2. The molecule has 1 N–H and O–H groups in total. The molecule has 2 rings (SSSR count). The molecule has 112 valence electrons. The molecule has 3 unspecified atom stereocenters. The van der Waals surface area contributed by atoms with Crippen molar-refractivity contribution in [2.24, 2.45) is 17.8 Å². The molecule has 0 bridgehead atoms. The molecule has 2 nitrogen and oxygen atoms in total. The van der Waals surface area contributed by atoms with Gasteiger partial charge in [-0.2, -0.15) is 0 Å². The van der Waals surface area contributed by atoms with Crippen molar-refractivity contribution in [3.63, 3.8) is 0 Å². The molecule has 0 aromatic rings. The summed E-state index contributed by atoms with van der Waals surface area (Å²) in [5, 5.41) is 3.79. The standard InChI is InChI=1S/C17H34N2/c1-14(2)17(19-9-4-5-10-19)13-18-12-16-8-6-7-15(3)11-16/h14-18H,4-13H2,1-3H3. The zero-order valence-electron chi connectivity index (χ0n) is 13.3. The summed E-state index contributed by atoms with van der Waals surface area (Å²) in [5.74, 6) is 2.67. The summed E-state index contributed by atoms with van der Waals surface area (Å²) in [6, 6.07) is 0.753. The Morgan fingerprint density at radius 1 is 1.11 bits per heavy atom. The minimum atomic E-state index is 0.753. The molecule has 0 radical (unpaired) electrons. The first-order valence-electron chi connectivity index (χ1n) is 8.61. The summed E-state index contributed by atoms with van der Waals surface area (Å²) in [6.45, 7) is 12.3. The van der Waals surface area contributed by atoms with Gasteiger partial charge in [-0.15, -0.1) is 0 Å².